The number of hydrogen-bond acceptors (Lipinski definition) is 3. The van der Waals surface area contributed by atoms with E-state index in [1.165, 1.54) is 0 Å². The molecule has 1 N–H and O–H groups in total. The first-order chi connectivity index (χ1) is 9.58. The molecule has 0 saturated carbocycles. The topological polar surface area (TPSA) is 49.8 Å². The molecule has 1 amide bonds. The second kappa shape index (κ2) is 6.27. The number of likely N-dealkylation sites (tertiary alicyclic amines) is 1. The van der Waals surface area contributed by atoms with E-state index in [-0.39, 0.29) is 18.6 Å². The van der Waals surface area contributed by atoms with Crippen LogP contribution in [0.15, 0.2) is 18.2 Å². The van der Waals surface area contributed by atoms with Crippen molar-refractivity contribution in [2.75, 3.05) is 20.3 Å². The predicted molar refractivity (Wildman–Crippen MR) is 78.0 cm³/mol. The number of carbonyl (C=O) groups is 1. The normalized spacial score (nSPS) is 22.7. The molecule has 2 unspecified atom stereocenters. The van der Waals surface area contributed by atoms with Gasteiger partial charge >= 0.3 is 0 Å². The van der Waals surface area contributed by atoms with Crippen LogP contribution in [0, 0.1) is 12.8 Å². The highest BCUT2D eigenvalue weighted by Crippen LogP contribution is 2.26. The molecule has 2 rings (SSSR count). The summed E-state index contributed by atoms with van der Waals surface area (Å²) >= 11 is 0. The Bertz CT molecular complexity index is 487. The molecule has 1 aliphatic heterocycles. The molecule has 1 aromatic carbocycles. The molecule has 1 aliphatic rings. The van der Waals surface area contributed by atoms with E-state index in [4.69, 9.17) is 4.74 Å². The first-order valence-corrected chi connectivity index (χ1v) is 7.15. The second-order valence-electron chi connectivity index (χ2n) is 5.55. The summed E-state index contributed by atoms with van der Waals surface area (Å²) in [6.45, 7) is 4.78. The van der Waals surface area contributed by atoms with Crippen molar-refractivity contribution < 1.29 is 14.6 Å². The van der Waals surface area contributed by atoms with Crippen molar-refractivity contribution >= 4 is 5.91 Å². The van der Waals surface area contributed by atoms with Gasteiger partial charge in [-0.1, -0.05) is 13.0 Å². The van der Waals surface area contributed by atoms with E-state index in [9.17, 15) is 9.90 Å². The Kier molecular flexibility index (Phi) is 4.65. The van der Waals surface area contributed by atoms with Crippen LogP contribution in [0.1, 0.15) is 35.7 Å². The van der Waals surface area contributed by atoms with Crippen molar-refractivity contribution in [2.45, 2.75) is 32.7 Å². The van der Waals surface area contributed by atoms with Crippen LogP contribution in [-0.2, 0) is 0 Å². The van der Waals surface area contributed by atoms with Gasteiger partial charge in [0.1, 0.15) is 5.75 Å². The molecule has 1 heterocycles. The summed E-state index contributed by atoms with van der Waals surface area (Å²) in [5.74, 6) is 1.04. The summed E-state index contributed by atoms with van der Waals surface area (Å²) in [6, 6.07) is 5.43. The molecule has 0 aromatic heterocycles. The smallest absolute Gasteiger partial charge is 0.254 e. The van der Waals surface area contributed by atoms with Gasteiger partial charge in [0.25, 0.3) is 5.91 Å². The predicted octanol–water partition coefficient (Wildman–Crippen LogP) is 2.24. The van der Waals surface area contributed by atoms with Crippen molar-refractivity contribution in [3.8, 4) is 5.75 Å². The minimum absolute atomic E-state index is 0.0195. The maximum absolute atomic E-state index is 12.7. The summed E-state index contributed by atoms with van der Waals surface area (Å²) in [4.78, 5) is 14.5. The third-order valence-electron chi connectivity index (χ3n) is 4.22. The number of methoxy groups -OCH3 is 1. The standard InChI is InChI=1S/C16H23NO3/c1-11-5-4-8-17(14(11)10-18)16(19)13-7-6-12(2)15(9-13)20-3/h6-7,9,11,14,18H,4-5,8,10H2,1-3H3. The van der Waals surface area contributed by atoms with Crippen molar-refractivity contribution in [1.82, 2.24) is 4.90 Å². The Morgan fingerprint density at radius 2 is 2.25 bits per heavy atom. The molecule has 0 radical (unpaired) electrons. The molecule has 1 saturated heterocycles. The molecular formula is C16H23NO3. The van der Waals surface area contributed by atoms with Crippen LogP contribution in [-0.4, -0.2) is 42.2 Å². The van der Waals surface area contributed by atoms with Crippen LogP contribution < -0.4 is 4.74 Å². The van der Waals surface area contributed by atoms with Crippen molar-refractivity contribution in [3.05, 3.63) is 29.3 Å². The lowest BCUT2D eigenvalue weighted by atomic mass is 9.90. The Hall–Kier alpha value is -1.55. The molecular weight excluding hydrogens is 254 g/mol. The summed E-state index contributed by atoms with van der Waals surface area (Å²) < 4.78 is 5.28. The summed E-state index contributed by atoms with van der Waals surface area (Å²) in [5, 5.41) is 9.55. The van der Waals surface area contributed by atoms with Crippen LogP contribution in [0.2, 0.25) is 0 Å². The van der Waals surface area contributed by atoms with E-state index in [1.54, 1.807) is 18.1 Å². The van der Waals surface area contributed by atoms with Crippen molar-refractivity contribution in [2.24, 2.45) is 5.92 Å². The van der Waals surface area contributed by atoms with Gasteiger partial charge in [-0.15, -0.1) is 0 Å². The number of nitrogens with zero attached hydrogens (tertiary/aromatic N) is 1. The monoisotopic (exact) mass is 277 g/mol. The first kappa shape index (κ1) is 14.9. The molecule has 110 valence electrons. The Morgan fingerprint density at radius 1 is 1.50 bits per heavy atom. The highest BCUT2D eigenvalue weighted by Gasteiger charge is 2.31. The second-order valence-corrected chi connectivity index (χ2v) is 5.55. The molecule has 4 nitrogen and oxygen atoms in total. The van der Waals surface area contributed by atoms with Crippen molar-refractivity contribution in [3.63, 3.8) is 0 Å². The highest BCUT2D eigenvalue weighted by atomic mass is 16.5. The largest absolute Gasteiger partial charge is 0.496 e. The van der Waals surface area contributed by atoms with E-state index in [0.29, 0.717) is 18.0 Å². The number of piperidine rings is 1. The molecule has 2 atom stereocenters. The average Bonchev–Trinajstić information content (AvgIpc) is 2.46. The summed E-state index contributed by atoms with van der Waals surface area (Å²) in [6.07, 6.45) is 2.05. The quantitative estimate of drug-likeness (QED) is 0.921. The summed E-state index contributed by atoms with van der Waals surface area (Å²) in [7, 11) is 1.61. The minimum Gasteiger partial charge on any atom is -0.496 e. The van der Waals surface area contributed by atoms with Gasteiger partial charge in [-0.2, -0.15) is 0 Å². The maximum Gasteiger partial charge on any atom is 0.254 e. The molecule has 20 heavy (non-hydrogen) atoms. The SMILES string of the molecule is COc1cc(C(=O)N2CCCC(C)C2CO)ccc1C. The zero-order valence-corrected chi connectivity index (χ0v) is 12.4. The van der Waals surface area contributed by atoms with E-state index in [0.717, 1.165) is 24.2 Å². The molecule has 0 aliphatic carbocycles. The molecule has 4 heteroatoms. The molecule has 1 fully saturated rings. The van der Waals surface area contributed by atoms with Gasteiger partial charge in [0.2, 0.25) is 0 Å². The number of carbonyl (C=O) groups excluding carboxylic acids is 1. The summed E-state index contributed by atoms with van der Waals surface area (Å²) in [5.41, 5.74) is 1.63. The van der Waals surface area contributed by atoms with Gasteiger partial charge in [0, 0.05) is 12.1 Å². The Labute approximate surface area is 120 Å². The van der Waals surface area contributed by atoms with E-state index < -0.39 is 0 Å². The fourth-order valence-electron chi connectivity index (χ4n) is 2.90. The van der Waals surface area contributed by atoms with Crippen LogP contribution in [0.25, 0.3) is 0 Å². The fourth-order valence-corrected chi connectivity index (χ4v) is 2.90. The minimum atomic E-state index is -0.0800. The van der Waals surface area contributed by atoms with E-state index in [1.807, 2.05) is 19.1 Å². The van der Waals surface area contributed by atoms with E-state index in [2.05, 4.69) is 6.92 Å². The molecule has 1 aromatic rings. The van der Waals surface area contributed by atoms with Crippen LogP contribution in [0.4, 0.5) is 0 Å². The lowest BCUT2D eigenvalue weighted by Gasteiger charge is -2.39. The van der Waals surface area contributed by atoms with Gasteiger partial charge < -0.3 is 14.7 Å². The Morgan fingerprint density at radius 3 is 2.90 bits per heavy atom. The van der Waals surface area contributed by atoms with Gasteiger partial charge in [0.15, 0.2) is 0 Å². The zero-order valence-electron chi connectivity index (χ0n) is 12.4. The number of aliphatic hydroxyl groups excluding tert-OH is 1. The van der Waals surface area contributed by atoms with Gasteiger partial charge in [-0.3, -0.25) is 4.79 Å². The van der Waals surface area contributed by atoms with Gasteiger partial charge in [-0.05, 0) is 43.4 Å². The molecule has 0 bridgehead atoms. The number of aliphatic hydroxyl groups is 1. The maximum atomic E-state index is 12.7. The third-order valence-corrected chi connectivity index (χ3v) is 4.22. The fraction of sp³-hybridized carbons (Fsp3) is 0.562. The first-order valence-electron chi connectivity index (χ1n) is 7.15. The van der Waals surface area contributed by atoms with Crippen LogP contribution in [0.3, 0.4) is 0 Å². The highest BCUT2D eigenvalue weighted by molar-refractivity contribution is 5.95. The number of benzene rings is 1. The van der Waals surface area contributed by atoms with Crippen LogP contribution >= 0.6 is 0 Å². The number of ether oxygens (including phenoxy) is 1. The van der Waals surface area contributed by atoms with Crippen molar-refractivity contribution in [1.29, 1.82) is 0 Å². The van der Waals surface area contributed by atoms with Gasteiger partial charge in [-0.25, -0.2) is 0 Å². The van der Waals surface area contributed by atoms with Crippen LogP contribution in [0.5, 0.6) is 5.75 Å². The van der Waals surface area contributed by atoms with Gasteiger partial charge in [0.05, 0.1) is 19.8 Å². The number of aryl methyl sites for hydroxylation is 1. The Balaban J connectivity index is 2.25. The number of hydrogen-bond donors (Lipinski definition) is 1. The lowest BCUT2D eigenvalue weighted by Crippen LogP contribution is -2.49. The molecule has 0 spiro atoms. The third kappa shape index (κ3) is 2.80. The number of rotatable bonds is 3. The zero-order chi connectivity index (χ0) is 14.7. The van der Waals surface area contributed by atoms with E-state index >= 15 is 0 Å². The lowest BCUT2D eigenvalue weighted by molar-refractivity contribution is 0.0358. The number of amides is 1. The average molecular weight is 277 g/mol.